The molecule has 0 fully saturated rings. The van der Waals surface area contributed by atoms with Crippen LogP contribution in [-0.2, 0) is 0 Å². The van der Waals surface area contributed by atoms with Crippen molar-refractivity contribution in [3.05, 3.63) is 40.4 Å². The fourth-order valence-corrected chi connectivity index (χ4v) is 1.27. The highest BCUT2D eigenvalue weighted by Gasteiger charge is 2.11. The molecule has 1 aromatic rings. The van der Waals surface area contributed by atoms with Gasteiger partial charge < -0.3 is 9.84 Å². The van der Waals surface area contributed by atoms with Crippen LogP contribution in [0.2, 0.25) is 5.02 Å². The molecule has 0 saturated carbocycles. The van der Waals surface area contributed by atoms with Gasteiger partial charge in [0.15, 0.2) is 0 Å². The Balaban J connectivity index is 2.87. The van der Waals surface area contributed by atoms with Crippen LogP contribution in [0.3, 0.4) is 0 Å². The van der Waals surface area contributed by atoms with E-state index in [0.717, 1.165) is 5.57 Å². The molecule has 0 atom stereocenters. The number of carbonyl (C=O) groups is 1. The van der Waals surface area contributed by atoms with E-state index in [4.69, 9.17) is 21.4 Å². The third-order valence-corrected chi connectivity index (χ3v) is 2.14. The average Bonchev–Trinajstić information content (AvgIpc) is 2.19. The number of benzene rings is 1. The lowest BCUT2D eigenvalue weighted by Crippen LogP contribution is -2.03. The molecule has 3 nitrogen and oxygen atoms in total. The second-order valence-corrected chi connectivity index (χ2v) is 3.97. The molecule has 0 aliphatic rings. The summed E-state index contributed by atoms with van der Waals surface area (Å²) >= 11 is 5.71. The first kappa shape index (κ1) is 12.6. The monoisotopic (exact) mass is 240 g/mol. The normalized spacial score (nSPS) is 9.69. The zero-order valence-corrected chi connectivity index (χ0v) is 9.91. The van der Waals surface area contributed by atoms with E-state index in [-0.39, 0.29) is 5.56 Å². The van der Waals surface area contributed by atoms with E-state index in [2.05, 4.69) is 0 Å². The largest absolute Gasteiger partial charge is 0.489 e. The number of hydrogen-bond donors (Lipinski definition) is 1. The molecule has 0 saturated heterocycles. The Labute approximate surface area is 99.3 Å². The smallest absolute Gasteiger partial charge is 0.339 e. The highest BCUT2D eigenvalue weighted by molar-refractivity contribution is 6.31. The van der Waals surface area contributed by atoms with Gasteiger partial charge in [0.25, 0.3) is 0 Å². The molecule has 0 bridgehead atoms. The Morgan fingerprint density at radius 1 is 1.50 bits per heavy atom. The number of allylic oxidation sites excluding steroid dienone is 1. The molecular weight excluding hydrogens is 228 g/mol. The van der Waals surface area contributed by atoms with Crippen LogP contribution in [-0.4, -0.2) is 17.7 Å². The number of hydrogen-bond acceptors (Lipinski definition) is 2. The molecule has 86 valence electrons. The first-order chi connectivity index (χ1) is 7.50. The van der Waals surface area contributed by atoms with Gasteiger partial charge in [-0.3, -0.25) is 0 Å². The average molecular weight is 241 g/mol. The highest BCUT2D eigenvalue weighted by atomic mass is 35.5. The second kappa shape index (κ2) is 5.56. The number of aromatic carboxylic acids is 1. The minimum absolute atomic E-state index is 0.0784. The van der Waals surface area contributed by atoms with Gasteiger partial charge >= 0.3 is 5.97 Å². The Morgan fingerprint density at radius 2 is 2.19 bits per heavy atom. The van der Waals surface area contributed by atoms with Gasteiger partial charge in [0.1, 0.15) is 17.9 Å². The standard InChI is InChI=1S/C12H13ClO3/c1-8(2)5-6-16-11-4-3-9(13)7-10(11)12(14)15/h3-5,7H,6H2,1-2H3,(H,14,15). The Hall–Kier alpha value is -1.48. The highest BCUT2D eigenvalue weighted by Crippen LogP contribution is 2.22. The maximum atomic E-state index is 10.9. The lowest BCUT2D eigenvalue weighted by atomic mass is 10.2. The van der Waals surface area contributed by atoms with E-state index in [1.54, 1.807) is 12.1 Å². The topological polar surface area (TPSA) is 46.5 Å². The third-order valence-electron chi connectivity index (χ3n) is 1.90. The molecular formula is C12H13ClO3. The molecule has 0 aliphatic heterocycles. The van der Waals surface area contributed by atoms with Crippen molar-refractivity contribution in [2.24, 2.45) is 0 Å². The zero-order chi connectivity index (χ0) is 12.1. The molecule has 1 N–H and O–H groups in total. The van der Waals surface area contributed by atoms with Gasteiger partial charge in [0, 0.05) is 5.02 Å². The molecule has 0 aromatic heterocycles. The molecule has 1 aromatic carbocycles. The van der Waals surface area contributed by atoms with E-state index in [1.165, 1.54) is 6.07 Å². The Morgan fingerprint density at radius 3 is 2.75 bits per heavy atom. The minimum atomic E-state index is -1.05. The first-order valence-electron chi connectivity index (χ1n) is 4.79. The summed E-state index contributed by atoms with van der Waals surface area (Å²) in [6, 6.07) is 4.54. The molecule has 0 spiro atoms. The predicted molar refractivity (Wildman–Crippen MR) is 63.3 cm³/mol. The SMILES string of the molecule is CC(C)=CCOc1ccc(Cl)cc1C(=O)O. The first-order valence-corrected chi connectivity index (χ1v) is 5.17. The Bertz CT molecular complexity index is 420. The van der Waals surface area contributed by atoms with Crippen molar-refractivity contribution in [1.29, 1.82) is 0 Å². The zero-order valence-electron chi connectivity index (χ0n) is 9.16. The van der Waals surface area contributed by atoms with Crippen molar-refractivity contribution in [2.75, 3.05) is 6.61 Å². The Kier molecular flexibility index (Phi) is 4.38. The van der Waals surface area contributed by atoms with Gasteiger partial charge in [0.05, 0.1) is 0 Å². The van der Waals surface area contributed by atoms with Crippen LogP contribution in [0, 0.1) is 0 Å². The van der Waals surface area contributed by atoms with Crippen LogP contribution in [0.4, 0.5) is 0 Å². The van der Waals surface area contributed by atoms with E-state index in [9.17, 15) is 4.79 Å². The van der Waals surface area contributed by atoms with Crippen molar-refractivity contribution in [3.8, 4) is 5.75 Å². The van der Waals surface area contributed by atoms with Crippen molar-refractivity contribution in [2.45, 2.75) is 13.8 Å². The lowest BCUT2D eigenvalue weighted by molar-refractivity contribution is 0.0693. The quantitative estimate of drug-likeness (QED) is 0.821. The van der Waals surface area contributed by atoms with Gasteiger partial charge in [-0.25, -0.2) is 4.79 Å². The van der Waals surface area contributed by atoms with Crippen LogP contribution in [0.5, 0.6) is 5.75 Å². The molecule has 0 unspecified atom stereocenters. The molecule has 0 amide bonds. The summed E-state index contributed by atoms with van der Waals surface area (Å²) in [6.45, 7) is 4.25. The molecule has 1 rings (SSSR count). The van der Waals surface area contributed by atoms with Gasteiger partial charge in [0.2, 0.25) is 0 Å². The van der Waals surface area contributed by atoms with Gasteiger partial charge in [-0.2, -0.15) is 0 Å². The maximum absolute atomic E-state index is 10.9. The van der Waals surface area contributed by atoms with Gasteiger partial charge in [-0.15, -0.1) is 0 Å². The maximum Gasteiger partial charge on any atom is 0.339 e. The predicted octanol–water partition coefficient (Wildman–Crippen LogP) is 3.38. The van der Waals surface area contributed by atoms with E-state index < -0.39 is 5.97 Å². The number of carboxylic acids is 1. The van der Waals surface area contributed by atoms with Gasteiger partial charge in [-0.1, -0.05) is 17.2 Å². The fraction of sp³-hybridized carbons (Fsp3) is 0.250. The van der Waals surface area contributed by atoms with Crippen LogP contribution in [0.1, 0.15) is 24.2 Å². The molecule has 0 aliphatic carbocycles. The summed E-state index contributed by atoms with van der Waals surface area (Å²) < 4.78 is 5.35. The van der Waals surface area contributed by atoms with E-state index >= 15 is 0 Å². The van der Waals surface area contributed by atoms with Crippen LogP contribution in [0.25, 0.3) is 0 Å². The van der Waals surface area contributed by atoms with Crippen molar-refractivity contribution < 1.29 is 14.6 Å². The van der Waals surface area contributed by atoms with Crippen molar-refractivity contribution in [1.82, 2.24) is 0 Å². The van der Waals surface area contributed by atoms with Crippen molar-refractivity contribution >= 4 is 17.6 Å². The summed E-state index contributed by atoms with van der Waals surface area (Å²) in [5, 5.41) is 9.33. The molecule has 4 heteroatoms. The number of carboxylic acid groups (broad SMARTS) is 1. The van der Waals surface area contributed by atoms with Crippen molar-refractivity contribution in [3.63, 3.8) is 0 Å². The van der Waals surface area contributed by atoms with Gasteiger partial charge in [-0.05, 0) is 38.1 Å². The number of ether oxygens (including phenoxy) is 1. The summed E-state index contributed by atoms with van der Waals surface area (Å²) in [5.41, 5.74) is 1.19. The number of halogens is 1. The van der Waals surface area contributed by atoms with Crippen LogP contribution < -0.4 is 4.74 Å². The van der Waals surface area contributed by atoms with Crippen LogP contribution in [0.15, 0.2) is 29.8 Å². The van der Waals surface area contributed by atoms with Crippen LogP contribution >= 0.6 is 11.6 Å². The third kappa shape index (κ3) is 3.59. The summed E-state index contributed by atoms with van der Waals surface area (Å²) in [7, 11) is 0. The second-order valence-electron chi connectivity index (χ2n) is 3.54. The minimum Gasteiger partial charge on any atom is -0.489 e. The lowest BCUT2D eigenvalue weighted by Gasteiger charge is -2.07. The molecule has 0 radical (unpaired) electrons. The summed E-state index contributed by atoms with van der Waals surface area (Å²) in [4.78, 5) is 10.9. The number of rotatable bonds is 4. The summed E-state index contributed by atoms with van der Waals surface area (Å²) in [5.74, 6) is -0.718. The molecule has 16 heavy (non-hydrogen) atoms. The summed E-state index contributed by atoms with van der Waals surface area (Å²) in [6.07, 6.45) is 1.88. The van der Waals surface area contributed by atoms with E-state index in [1.807, 2.05) is 19.9 Å². The molecule has 0 heterocycles. The van der Waals surface area contributed by atoms with E-state index in [0.29, 0.717) is 17.4 Å². The fourth-order valence-electron chi connectivity index (χ4n) is 1.09.